The van der Waals surface area contributed by atoms with Gasteiger partial charge in [0, 0.05) is 44.6 Å². The fraction of sp³-hybridized carbons (Fsp3) is 0.567. The molecule has 2 aliphatic heterocycles. The largest absolute Gasteiger partial charge is 0.446 e. The van der Waals surface area contributed by atoms with Crippen LogP contribution in [-0.2, 0) is 21.4 Å². The van der Waals surface area contributed by atoms with Gasteiger partial charge in [-0.15, -0.1) is 0 Å². The normalized spacial score (nSPS) is 25.5. The van der Waals surface area contributed by atoms with E-state index in [2.05, 4.69) is 46.2 Å². The molecule has 0 bridgehead atoms. The number of likely N-dealkylation sites (tertiary alicyclic amines) is 2. The van der Waals surface area contributed by atoms with Crippen molar-refractivity contribution >= 4 is 6.09 Å². The number of carbonyl (C=O) groups excluding carboxylic acids is 1. The van der Waals surface area contributed by atoms with Crippen LogP contribution >= 0.6 is 0 Å². The molecule has 0 radical (unpaired) electrons. The number of nitrogens with two attached hydrogens (primary N) is 1. The topological polar surface area (TPSA) is 68.0 Å². The molecule has 0 spiro atoms. The third-order valence-corrected chi connectivity index (χ3v) is 9.05. The number of piperidine rings is 1. The molecule has 7 heteroatoms. The van der Waals surface area contributed by atoms with Crippen molar-refractivity contribution in [1.29, 1.82) is 0 Å². The van der Waals surface area contributed by atoms with E-state index in [0.717, 1.165) is 76.9 Å². The Kier molecular flexibility index (Phi) is 8.12. The van der Waals surface area contributed by atoms with Crippen LogP contribution in [-0.4, -0.2) is 67.9 Å². The maximum absolute atomic E-state index is 14.8. The van der Waals surface area contributed by atoms with E-state index in [1.807, 2.05) is 6.07 Å². The van der Waals surface area contributed by atoms with Crippen LogP contribution in [0.15, 0.2) is 54.6 Å². The first-order valence-electron chi connectivity index (χ1n) is 13.7. The molecule has 1 aliphatic carbocycles. The molecule has 6 nitrogen and oxygen atoms in total. The van der Waals surface area contributed by atoms with Crippen LogP contribution in [0.25, 0.3) is 0 Å². The molecule has 0 unspecified atom stereocenters. The van der Waals surface area contributed by atoms with E-state index in [4.69, 9.17) is 15.2 Å². The second-order valence-corrected chi connectivity index (χ2v) is 11.2. The first kappa shape index (κ1) is 26.1. The Balaban J connectivity index is 1.47. The summed E-state index contributed by atoms with van der Waals surface area (Å²) in [6, 6.07) is 17.8. The van der Waals surface area contributed by atoms with Crippen molar-refractivity contribution in [2.45, 2.75) is 56.3 Å². The summed E-state index contributed by atoms with van der Waals surface area (Å²) in [5.41, 5.74) is 7.55. The Morgan fingerprint density at radius 2 is 1.78 bits per heavy atom. The molecule has 3 aliphatic rings. The second kappa shape index (κ2) is 11.5. The Morgan fingerprint density at radius 3 is 2.46 bits per heavy atom. The van der Waals surface area contributed by atoms with Gasteiger partial charge in [0.1, 0.15) is 11.9 Å². The molecule has 2 N–H and O–H groups in total. The molecule has 2 saturated heterocycles. The Bertz CT molecular complexity index is 1040. The van der Waals surface area contributed by atoms with E-state index in [1.165, 1.54) is 11.6 Å². The quantitative estimate of drug-likeness (QED) is 0.536. The first-order chi connectivity index (χ1) is 18.0. The lowest BCUT2D eigenvalue weighted by atomic mass is 9.58. The molecule has 3 fully saturated rings. The Hall–Kier alpha value is -2.48. The minimum Gasteiger partial charge on any atom is -0.446 e. The SMILES string of the molecule is COC1CN(C[C@@](c2cccc(F)c2)(C2CCN(Cc3ccccc3)CC2)[C@H]2CCC[C@@H]2OC(N)=O)C1. The van der Waals surface area contributed by atoms with Gasteiger partial charge in [-0.2, -0.15) is 0 Å². The van der Waals surface area contributed by atoms with E-state index in [1.54, 1.807) is 13.2 Å². The lowest BCUT2D eigenvalue weighted by molar-refractivity contribution is -0.0665. The van der Waals surface area contributed by atoms with E-state index in [-0.39, 0.29) is 29.4 Å². The van der Waals surface area contributed by atoms with Crippen LogP contribution in [0.4, 0.5) is 9.18 Å². The molecule has 2 aromatic rings. The number of methoxy groups -OCH3 is 1. The van der Waals surface area contributed by atoms with Gasteiger partial charge in [0.25, 0.3) is 0 Å². The molecule has 1 amide bonds. The second-order valence-electron chi connectivity index (χ2n) is 11.2. The number of benzene rings is 2. The predicted molar refractivity (Wildman–Crippen MR) is 142 cm³/mol. The van der Waals surface area contributed by atoms with Crippen molar-refractivity contribution in [2.75, 3.05) is 39.8 Å². The number of hydrogen-bond donors (Lipinski definition) is 1. The zero-order chi connectivity index (χ0) is 25.8. The fourth-order valence-corrected chi connectivity index (χ4v) is 7.29. The number of halogens is 1. The van der Waals surface area contributed by atoms with Crippen LogP contribution in [0.1, 0.15) is 43.2 Å². The average molecular weight is 510 g/mol. The highest BCUT2D eigenvalue weighted by Gasteiger charge is 2.54. The van der Waals surface area contributed by atoms with Crippen LogP contribution < -0.4 is 5.73 Å². The van der Waals surface area contributed by atoms with Crippen LogP contribution in [0, 0.1) is 17.7 Å². The highest BCUT2D eigenvalue weighted by atomic mass is 19.1. The smallest absolute Gasteiger partial charge is 0.404 e. The molecule has 0 aromatic heterocycles. The molecule has 1 saturated carbocycles. The van der Waals surface area contributed by atoms with E-state index in [9.17, 15) is 9.18 Å². The summed E-state index contributed by atoms with van der Waals surface area (Å²) < 4.78 is 26.1. The molecular formula is C30H40FN3O3. The van der Waals surface area contributed by atoms with Gasteiger partial charge < -0.3 is 15.2 Å². The van der Waals surface area contributed by atoms with Crippen LogP contribution in [0.5, 0.6) is 0 Å². The van der Waals surface area contributed by atoms with Gasteiger partial charge in [-0.25, -0.2) is 9.18 Å². The number of nitrogens with zero attached hydrogens (tertiary/aromatic N) is 2. The van der Waals surface area contributed by atoms with Crippen LogP contribution in [0.3, 0.4) is 0 Å². The maximum atomic E-state index is 14.8. The third kappa shape index (κ3) is 5.69. The highest BCUT2D eigenvalue weighted by Crippen LogP contribution is 2.52. The molecule has 3 atom stereocenters. The zero-order valence-corrected chi connectivity index (χ0v) is 21.9. The van der Waals surface area contributed by atoms with Crippen molar-refractivity contribution in [1.82, 2.24) is 9.80 Å². The zero-order valence-electron chi connectivity index (χ0n) is 21.9. The molecule has 37 heavy (non-hydrogen) atoms. The van der Waals surface area contributed by atoms with Gasteiger partial charge in [0.05, 0.1) is 6.10 Å². The lowest BCUT2D eigenvalue weighted by Gasteiger charge is -2.54. The minimum atomic E-state index is -0.717. The van der Waals surface area contributed by atoms with E-state index < -0.39 is 6.09 Å². The predicted octanol–water partition coefficient (Wildman–Crippen LogP) is 4.57. The molecule has 2 heterocycles. The first-order valence-corrected chi connectivity index (χ1v) is 13.7. The van der Waals surface area contributed by atoms with Crippen LogP contribution in [0.2, 0.25) is 0 Å². The van der Waals surface area contributed by atoms with E-state index >= 15 is 0 Å². The van der Waals surface area contributed by atoms with Gasteiger partial charge >= 0.3 is 6.09 Å². The van der Waals surface area contributed by atoms with Crippen molar-refractivity contribution in [3.05, 3.63) is 71.5 Å². The molecule has 200 valence electrons. The summed E-state index contributed by atoms with van der Waals surface area (Å²) in [5, 5.41) is 0. The summed E-state index contributed by atoms with van der Waals surface area (Å²) >= 11 is 0. The number of rotatable bonds is 9. The number of amides is 1. The summed E-state index contributed by atoms with van der Waals surface area (Å²) in [7, 11) is 1.76. The Morgan fingerprint density at radius 1 is 1.03 bits per heavy atom. The molecule has 2 aromatic carbocycles. The van der Waals surface area contributed by atoms with Gasteiger partial charge in [-0.05, 0) is 74.4 Å². The fourth-order valence-electron chi connectivity index (χ4n) is 7.29. The van der Waals surface area contributed by atoms with Crippen molar-refractivity contribution < 1.29 is 18.7 Å². The lowest BCUT2D eigenvalue weighted by Crippen LogP contribution is -2.61. The van der Waals surface area contributed by atoms with Crippen molar-refractivity contribution in [2.24, 2.45) is 17.6 Å². The monoisotopic (exact) mass is 509 g/mol. The van der Waals surface area contributed by atoms with Gasteiger partial charge in [0.2, 0.25) is 0 Å². The van der Waals surface area contributed by atoms with Gasteiger partial charge in [-0.3, -0.25) is 9.80 Å². The summed E-state index contributed by atoms with van der Waals surface area (Å²) in [6.07, 6.45) is 4.04. The van der Waals surface area contributed by atoms with E-state index in [0.29, 0.717) is 5.92 Å². The summed E-state index contributed by atoms with van der Waals surface area (Å²) in [6.45, 7) is 5.47. The molecule has 5 rings (SSSR count). The standard InChI is InChI=1S/C30H40FN3O3/c1-36-26-19-34(20-26)21-30(24-9-5-10-25(31)17-24,27-11-6-12-28(27)37-29(32)35)23-13-15-33(16-14-23)18-22-7-3-2-4-8-22/h2-5,7-10,17,23,26-28H,6,11-16,18-21H2,1H3,(H2,32,35)/t27-,28-,30-/m0/s1. The number of ether oxygens (including phenoxy) is 2. The number of carbonyl (C=O) groups is 1. The third-order valence-electron chi connectivity index (χ3n) is 9.05. The van der Waals surface area contributed by atoms with Gasteiger partial charge in [0.15, 0.2) is 0 Å². The number of primary amides is 1. The van der Waals surface area contributed by atoms with Crippen molar-refractivity contribution in [3.63, 3.8) is 0 Å². The summed E-state index contributed by atoms with van der Waals surface area (Å²) in [5.74, 6) is 0.214. The highest BCUT2D eigenvalue weighted by molar-refractivity contribution is 5.65. The average Bonchev–Trinajstić information content (AvgIpc) is 3.33. The summed E-state index contributed by atoms with van der Waals surface area (Å²) in [4.78, 5) is 16.9. The molecular weight excluding hydrogens is 469 g/mol. The number of hydrogen-bond acceptors (Lipinski definition) is 5. The maximum Gasteiger partial charge on any atom is 0.404 e. The van der Waals surface area contributed by atoms with Crippen molar-refractivity contribution in [3.8, 4) is 0 Å². The minimum absolute atomic E-state index is 0.0917. The Labute approximate surface area is 219 Å². The van der Waals surface area contributed by atoms with Gasteiger partial charge in [-0.1, -0.05) is 42.5 Å².